The van der Waals surface area contributed by atoms with Gasteiger partial charge in [-0.05, 0) is 42.3 Å². The number of phenolic OH excluding ortho intramolecular Hbond substituents is 1. The van der Waals surface area contributed by atoms with Crippen LogP contribution >= 0.6 is 0 Å². The summed E-state index contributed by atoms with van der Waals surface area (Å²) < 4.78 is 35.1. The van der Waals surface area contributed by atoms with Gasteiger partial charge < -0.3 is 19.7 Å². The normalized spacial score (nSPS) is 10.8. The monoisotopic (exact) mass is 479 g/mol. The largest absolute Gasteiger partial charge is 0.508 e. The van der Waals surface area contributed by atoms with E-state index in [4.69, 9.17) is 9.47 Å². The lowest BCUT2D eigenvalue weighted by Gasteiger charge is -2.12. The Bertz CT molecular complexity index is 967. The minimum absolute atomic E-state index is 0.00535. The van der Waals surface area contributed by atoms with Gasteiger partial charge in [0.2, 0.25) is 10.9 Å². The van der Waals surface area contributed by atoms with Crippen LogP contribution in [0, 0.1) is 0 Å². The van der Waals surface area contributed by atoms with Crippen molar-refractivity contribution >= 4 is 22.5 Å². The number of thiol groups is 1. The number of nitrogens with one attached hydrogen (secondary N) is 1. The molecule has 0 bridgehead atoms. The fourth-order valence-electron chi connectivity index (χ4n) is 3.40. The fourth-order valence-corrected chi connectivity index (χ4v) is 3.74. The molecular weight excluding hydrogens is 446 g/mol. The number of carboxylic acid groups (broad SMARTS) is 1. The summed E-state index contributed by atoms with van der Waals surface area (Å²) in [6, 6.07) is 8.76. The van der Waals surface area contributed by atoms with Crippen molar-refractivity contribution in [3.8, 4) is 17.2 Å². The number of benzene rings is 2. The van der Waals surface area contributed by atoms with Crippen LogP contribution in [0.1, 0.15) is 74.2 Å². The number of ether oxygens (including phenoxy) is 2. The first kappa shape index (κ1) is 26.3. The molecule has 182 valence electrons. The van der Waals surface area contributed by atoms with Gasteiger partial charge in [0.15, 0.2) is 0 Å². The first-order valence-electron chi connectivity index (χ1n) is 11.3. The number of rotatable bonds is 16. The zero-order chi connectivity index (χ0) is 24.1. The standard InChI is InChI=1S/C24H33NO7S/c1-2-3-4-5-6-7-8-9-12-31-21-14-18(13-20(26)16-21)17-32-23-11-10-19(25-33(29)30)15-22(23)24(27)28/h10-11,13-16,26,33H,2-9,12,17H2,1H3,(H,27,28)(H,25,29,30). The predicted molar refractivity (Wildman–Crippen MR) is 128 cm³/mol. The molecule has 0 aliphatic carbocycles. The van der Waals surface area contributed by atoms with Crippen LogP contribution in [0.2, 0.25) is 0 Å². The summed E-state index contributed by atoms with van der Waals surface area (Å²) in [5.74, 6) is -0.618. The summed E-state index contributed by atoms with van der Waals surface area (Å²) in [4.78, 5) is 11.5. The molecule has 0 unspecified atom stereocenters. The van der Waals surface area contributed by atoms with Crippen LogP contribution in [0.25, 0.3) is 0 Å². The van der Waals surface area contributed by atoms with E-state index in [-0.39, 0.29) is 29.4 Å². The van der Waals surface area contributed by atoms with E-state index < -0.39 is 16.9 Å². The number of carboxylic acids is 1. The molecule has 9 heteroatoms. The summed E-state index contributed by atoms with van der Waals surface area (Å²) in [6.45, 7) is 2.77. The number of unbranched alkanes of at least 4 members (excludes halogenated alkanes) is 7. The van der Waals surface area contributed by atoms with E-state index in [0.29, 0.717) is 17.9 Å². The SMILES string of the molecule is CCCCCCCCCCOc1cc(O)cc(COc2ccc(N[SH](=O)=O)cc2C(=O)O)c1. The van der Waals surface area contributed by atoms with Crippen LogP contribution in [0.15, 0.2) is 36.4 Å². The van der Waals surface area contributed by atoms with Gasteiger partial charge in [0.05, 0.1) is 6.61 Å². The molecule has 2 aromatic rings. The van der Waals surface area contributed by atoms with E-state index in [1.807, 2.05) is 0 Å². The Morgan fingerprint density at radius 1 is 0.939 bits per heavy atom. The Labute approximate surface area is 196 Å². The van der Waals surface area contributed by atoms with Crippen LogP contribution < -0.4 is 14.2 Å². The van der Waals surface area contributed by atoms with Gasteiger partial charge in [-0.25, -0.2) is 13.2 Å². The maximum Gasteiger partial charge on any atom is 0.339 e. The Hall–Kier alpha value is -2.94. The van der Waals surface area contributed by atoms with Crippen molar-refractivity contribution in [2.24, 2.45) is 0 Å². The lowest BCUT2D eigenvalue weighted by molar-refractivity contribution is 0.0691. The molecule has 0 fully saturated rings. The third-order valence-electron chi connectivity index (χ3n) is 5.04. The maximum atomic E-state index is 11.5. The van der Waals surface area contributed by atoms with Gasteiger partial charge in [-0.3, -0.25) is 4.72 Å². The number of anilines is 1. The van der Waals surface area contributed by atoms with Crippen molar-refractivity contribution in [1.29, 1.82) is 0 Å². The van der Waals surface area contributed by atoms with Crippen LogP contribution in [0.3, 0.4) is 0 Å². The van der Waals surface area contributed by atoms with Crippen molar-refractivity contribution in [2.45, 2.75) is 64.9 Å². The summed E-state index contributed by atoms with van der Waals surface area (Å²) in [5, 5.41) is 19.4. The third kappa shape index (κ3) is 10.0. The van der Waals surface area contributed by atoms with Crippen molar-refractivity contribution in [1.82, 2.24) is 0 Å². The quantitative estimate of drug-likeness (QED) is 0.194. The summed E-state index contributed by atoms with van der Waals surface area (Å²) in [6.07, 6.45) is 9.62. The highest BCUT2D eigenvalue weighted by atomic mass is 32.2. The molecule has 0 aliphatic rings. The van der Waals surface area contributed by atoms with E-state index in [9.17, 15) is 23.4 Å². The van der Waals surface area contributed by atoms with Gasteiger partial charge in [-0.15, -0.1) is 0 Å². The predicted octanol–water partition coefficient (Wildman–Crippen LogP) is 5.13. The molecule has 8 nitrogen and oxygen atoms in total. The number of carbonyl (C=O) groups is 1. The summed E-state index contributed by atoms with van der Waals surface area (Å²) in [7, 11) is -2.91. The molecule has 3 N–H and O–H groups in total. The highest BCUT2D eigenvalue weighted by molar-refractivity contribution is 7.73. The topological polar surface area (TPSA) is 122 Å². The van der Waals surface area contributed by atoms with Crippen molar-refractivity contribution in [3.05, 3.63) is 47.5 Å². The molecule has 2 aromatic carbocycles. The van der Waals surface area contributed by atoms with Gasteiger partial charge in [-0.1, -0.05) is 51.9 Å². The zero-order valence-corrected chi connectivity index (χ0v) is 19.8. The fraction of sp³-hybridized carbons (Fsp3) is 0.458. The molecular formula is C24H33NO7S. The second-order valence-corrected chi connectivity index (χ2v) is 8.57. The lowest BCUT2D eigenvalue weighted by atomic mass is 10.1. The maximum absolute atomic E-state index is 11.5. The molecule has 2 rings (SSSR count). The molecule has 0 aliphatic heterocycles. The second-order valence-electron chi connectivity index (χ2n) is 7.83. The number of hydrogen-bond acceptors (Lipinski definition) is 6. The van der Waals surface area contributed by atoms with E-state index in [1.165, 1.54) is 68.9 Å². The number of aromatic hydroxyl groups is 1. The van der Waals surface area contributed by atoms with Crippen LogP contribution in [-0.2, 0) is 17.5 Å². The van der Waals surface area contributed by atoms with E-state index in [0.717, 1.165) is 12.8 Å². The van der Waals surface area contributed by atoms with Gasteiger partial charge in [0.25, 0.3) is 0 Å². The molecule has 0 saturated carbocycles. The Balaban J connectivity index is 1.87. The molecule has 0 aromatic heterocycles. The van der Waals surface area contributed by atoms with Gasteiger partial charge in [0, 0.05) is 11.8 Å². The highest BCUT2D eigenvalue weighted by Gasteiger charge is 2.13. The minimum atomic E-state index is -2.91. The van der Waals surface area contributed by atoms with Gasteiger partial charge >= 0.3 is 5.97 Å². The van der Waals surface area contributed by atoms with Crippen molar-refractivity contribution in [2.75, 3.05) is 11.3 Å². The third-order valence-corrected chi connectivity index (χ3v) is 5.48. The van der Waals surface area contributed by atoms with Crippen LogP contribution in [0.5, 0.6) is 17.2 Å². The Morgan fingerprint density at radius 3 is 2.30 bits per heavy atom. The van der Waals surface area contributed by atoms with Gasteiger partial charge in [0.1, 0.15) is 29.4 Å². The molecule has 0 atom stereocenters. The van der Waals surface area contributed by atoms with E-state index in [2.05, 4.69) is 11.6 Å². The average Bonchev–Trinajstić information content (AvgIpc) is 2.76. The van der Waals surface area contributed by atoms with Crippen molar-refractivity contribution < 1.29 is 32.9 Å². The van der Waals surface area contributed by atoms with Crippen LogP contribution in [0.4, 0.5) is 5.69 Å². The average molecular weight is 480 g/mol. The molecule has 33 heavy (non-hydrogen) atoms. The van der Waals surface area contributed by atoms with E-state index >= 15 is 0 Å². The first-order valence-corrected chi connectivity index (χ1v) is 12.4. The molecule has 0 amide bonds. The molecule has 0 radical (unpaired) electrons. The highest BCUT2D eigenvalue weighted by Crippen LogP contribution is 2.27. The number of aromatic carboxylic acids is 1. The summed E-state index contributed by atoms with van der Waals surface area (Å²) >= 11 is 0. The molecule has 0 spiro atoms. The Morgan fingerprint density at radius 2 is 1.64 bits per heavy atom. The van der Waals surface area contributed by atoms with Gasteiger partial charge in [-0.2, -0.15) is 0 Å². The van der Waals surface area contributed by atoms with Crippen LogP contribution in [-0.4, -0.2) is 31.2 Å². The summed E-state index contributed by atoms with van der Waals surface area (Å²) in [5.41, 5.74) is 0.565. The first-order chi connectivity index (χ1) is 15.9. The number of hydrogen-bond donors (Lipinski definition) is 4. The zero-order valence-electron chi connectivity index (χ0n) is 18.9. The smallest absolute Gasteiger partial charge is 0.339 e. The Kier molecular flexibility index (Phi) is 11.4. The lowest BCUT2D eigenvalue weighted by Crippen LogP contribution is -2.05. The molecule has 0 heterocycles. The van der Waals surface area contributed by atoms with Crippen molar-refractivity contribution in [3.63, 3.8) is 0 Å². The minimum Gasteiger partial charge on any atom is -0.508 e. The second kappa shape index (κ2) is 14.3. The molecule has 0 saturated heterocycles. The van der Waals surface area contributed by atoms with E-state index in [1.54, 1.807) is 6.07 Å². The number of phenols is 1.